The number of nitrogens with zero attached hydrogens (tertiary/aromatic N) is 2. The van der Waals surface area contributed by atoms with Gasteiger partial charge in [-0.3, -0.25) is 9.59 Å². The van der Waals surface area contributed by atoms with E-state index < -0.39 is 5.54 Å². The van der Waals surface area contributed by atoms with Crippen molar-refractivity contribution in [3.8, 4) is 11.5 Å². The number of carbonyl (C=O) groups is 2. The predicted octanol–water partition coefficient (Wildman–Crippen LogP) is 1.93. The Balaban J connectivity index is 0.00000364. The highest BCUT2D eigenvalue weighted by molar-refractivity contribution is 5.97. The molecule has 2 amide bonds. The number of amides is 2. The molecule has 1 unspecified atom stereocenters. The van der Waals surface area contributed by atoms with Gasteiger partial charge in [0.1, 0.15) is 11.5 Å². The largest absolute Gasteiger partial charge is 0.497 e. The van der Waals surface area contributed by atoms with Crippen molar-refractivity contribution in [2.45, 2.75) is 32.2 Å². The lowest BCUT2D eigenvalue weighted by Crippen LogP contribution is -2.58. The molecule has 0 aromatic heterocycles. The van der Waals surface area contributed by atoms with Crippen LogP contribution in [-0.4, -0.2) is 67.6 Å². The Labute approximate surface area is 167 Å². The highest BCUT2D eigenvalue weighted by Gasteiger charge is 2.34. The molecule has 0 radical (unpaired) electrons. The SMILES string of the molecule is CCCC(C)(N)C(=O)N1CCN(C(=O)c2ccc(OC)cc2OC)CC1.Cl. The number of ether oxygens (including phenoxy) is 2. The minimum absolute atomic E-state index is 0. The molecule has 27 heavy (non-hydrogen) atoms. The van der Waals surface area contributed by atoms with Crippen LogP contribution in [0.15, 0.2) is 18.2 Å². The molecule has 1 atom stereocenters. The molecular formula is C19H30ClN3O4. The molecule has 1 aromatic rings. The van der Waals surface area contributed by atoms with Gasteiger partial charge in [-0.2, -0.15) is 0 Å². The highest BCUT2D eigenvalue weighted by atomic mass is 35.5. The molecule has 0 spiro atoms. The van der Waals surface area contributed by atoms with Gasteiger partial charge in [-0.05, 0) is 25.5 Å². The van der Waals surface area contributed by atoms with E-state index in [4.69, 9.17) is 15.2 Å². The van der Waals surface area contributed by atoms with Crippen molar-refractivity contribution in [3.05, 3.63) is 23.8 Å². The Hall–Kier alpha value is -1.99. The summed E-state index contributed by atoms with van der Waals surface area (Å²) < 4.78 is 10.5. The van der Waals surface area contributed by atoms with E-state index in [2.05, 4.69) is 0 Å². The van der Waals surface area contributed by atoms with Gasteiger partial charge in [-0.15, -0.1) is 12.4 Å². The summed E-state index contributed by atoms with van der Waals surface area (Å²) in [6.45, 7) is 5.71. The summed E-state index contributed by atoms with van der Waals surface area (Å²) in [4.78, 5) is 28.9. The Kier molecular flexibility index (Phi) is 8.37. The molecule has 1 aliphatic heterocycles. The van der Waals surface area contributed by atoms with Crippen LogP contribution in [0.25, 0.3) is 0 Å². The fourth-order valence-corrected chi connectivity index (χ4v) is 3.25. The average molecular weight is 400 g/mol. The van der Waals surface area contributed by atoms with Crippen molar-refractivity contribution in [2.24, 2.45) is 5.73 Å². The summed E-state index contributed by atoms with van der Waals surface area (Å²) >= 11 is 0. The van der Waals surface area contributed by atoms with E-state index in [-0.39, 0.29) is 24.2 Å². The van der Waals surface area contributed by atoms with Gasteiger partial charge in [-0.1, -0.05) is 13.3 Å². The average Bonchev–Trinajstić information content (AvgIpc) is 2.66. The van der Waals surface area contributed by atoms with Crippen LogP contribution in [0.2, 0.25) is 0 Å². The highest BCUT2D eigenvalue weighted by Crippen LogP contribution is 2.26. The zero-order valence-corrected chi connectivity index (χ0v) is 17.3. The molecule has 0 aliphatic carbocycles. The minimum atomic E-state index is -0.847. The fraction of sp³-hybridized carbons (Fsp3) is 0.579. The van der Waals surface area contributed by atoms with Crippen LogP contribution in [0.1, 0.15) is 37.0 Å². The van der Waals surface area contributed by atoms with E-state index in [1.54, 1.807) is 42.0 Å². The molecule has 1 aliphatic rings. The van der Waals surface area contributed by atoms with Gasteiger partial charge in [-0.25, -0.2) is 0 Å². The van der Waals surface area contributed by atoms with E-state index in [1.807, 2.05) is 6.92 Å². The van der Waals surface area contributed by atoms with Crippen LogP contribution in [0.3, 0.4) is 0 Å². The molecule has 1 heterocycles. The van der Waals surface area contributed by atoms with Gasteiger partial charge < -0.3 is 25.0 Å². The molecule has 1 saturated heterocycles. The van der Waals surface area contributed by atoms with E-state index in [9.17, 15) is 9.59 Å². The number of hydrogen-bond acceptors (Lipinski definition) is 5. The number of rotatable bonds is 6. The van der Waals surface area contributed by atoms with Crippen LogP contribution < -0.4 is 15.2 Å². The van der Waals surface area contributed by atoms with Crippen LogP contribution in [0.4, 0.5) is 0 Å². The number of methoxy groups -OCH3 is 2. The predicted molar refractivity (Wildman–Crippen MR) is 107 cm³/mol. The second-order valence-corrected chi connectivity index (χ2v) is 6.82. The molecule has 2 N–H and O–H groups in total. The maximum Gasteiger partial charge on any atom is 0.257 e. The van der Waals surface area contributed by atoms with Crippen LogP contribution in [-0.2, 0) is 4.79 Å². The molecule has 7 nitrogen and oxygen atoms in total. The topological polar surface area (TPSA) is 85.1 Å². The van der Waals surface area contributed by atoms with Crippen molar-refractivity contribution >= 4 is 24.2 Å². The number of carbonyl (C=O) groups excluding carboxylic acids is 2. The van der Waals surface area contributed by atoms with Crippen LogP contribution >= 0.6 is 12.4 Å². The number of piperazine rings is 1. The van der Waals surface area contributed by atoms with Gasteiger partial charge in [0.25, 0.3) is 5.91 Å². The first kappa shape index (κ1) is 23.0. The molecule has 0 bridgehead atoms. The second-order valence-electron chi connectivity index (χ2n) is 6.82. The van der Waals surface area contributed by atoms with Crippen molar-refractivity contribution in [2.75, 3.05) is 40.4 Å². The maximum atomic E-state index is 12.8. The molecule has 152 valence electrons. The van der Waals surface area contributed by atoms with Crippen molar-refractivity contribution in [1.82, 2.24) is 9.80 Å². The summed E-state index contributed by atoms with van der Waals surface area (Å²) in [6, 6.07) is 5.13. The number of benzene rings is 1. The lowest BCUT2D eigenvalue weighted by atomic mass is 9.95. The van der Waals surface area contributed by atoms with Gasteiger partial charge >= 0.3 is 0 Å². The molecule has 0 saturated carbocycles. The summed E-state index contributed by atoms with van der Waals surface area (Å²) in [7, 11) is 3.09. The monoisotopic (exact) mass is 399 g/mol. The quantitative estimate of drug-likeness (QED) is 0.789. The number of nitrogens with two attached hydrogens (primary N) is 1. The van der Waals surface area contributed by atoms with Crippen molar-refractivity contribution in [1.29, 1.82) is 0 Å². The summed E-state index contributed by atoms with van der Waals surface area (Å²) in [5.74, 6) is 0.950. The fourth-order valence-electron chi connectivity index (χ4n) is 3.25. The van der Waals surface area contributed by atoms with Gasteiger partial charge in [0, 0.05) is 32.2 Å². The lowest BCUT2D eigenvalue weighted by molar-refractivity contribution is -0.138. The molecule has 1 fully saturated rings. The second kappa shape index (κ2) is 9.80. The molecule has 1 aromatic carbocycles. The minimum Gasteiger partial charge on any atom is -0.497 e. The lowest BCUT2D eigenvalue weighted by Gasteiger charge is -2.38. The zero-order valence-electron chi connectivity index (χ0n) is 16.5. The number of halogens is 1. The summed E-state index contributed by atoms with van der Waals surface area (Å²) in [6.07, 6.45) is 1.50. The van der Waals surface area contributed by atoms with Crippen LogP contribution in [0.5, 0.6) is 11.5 Å². The molecule has 2 rings (SSSR count). The third kappa shape index (κ3) is 5.26. The Morgan fingerprint density at radius 1 is 1.11 bits per heavy atom. The van der Waals surface area contributed by atoms with Gasteiger partial charge in [0.2, 0.25) is 5.91 Å². The van der Waals surface area contributed by atoms with Gasteiger partial charge in [0.05, 0.1) is 25.3 Å². The Bertz CT molecular complexity index is 658. The number of hydrogen-bond donors (Lipinski definition) is 1. The van der Waals surface area contributed by atoms with Crippen molar-refractivity contribution in [3.63, 3.8) is 0 Å². The first-order valence-electron chi connectivity index (χ1n) is 8.93. The third-order valence-electron chi connectivity index (χ3n) is 4.75. The molecular weight excluding hydrogens is 370 g/mol. The first-order valence-corrected chi connectivity index (χ1v) is 8.93. The van der Waals surface area contributed by atoms with Gasteiger partial charge in [0.15, 0.2) is 0 Å². The van der Waals surface area contributed by atoms with Crippen molar-refractivity contribution < 1.29 is 19.1 Å². The van der Waals surface area contributed by atoms with E-state index >= 15 is 0 Å². The zero-order chi connectivity index (χ0) is 19.3. The Morgan fingerprint density at radius 3 is 2.22 bits per heavy atom. The first-order chi connectivity index (χ1) is 12.3. The van der Waals surface area contributed by atoms with Crippen LogP contribution in [0, 0.1) is 0 Å². The van der Waals surface area contributed by atoms with E-state index in [1.165, 1.54) is 7.11 Å². The normalized spacial score (nSPS) is 16.2. The van der Waals surface area contributed by atoms with E-state index in [0.29, 0.717) is 49.7 Å². The standard InChI is InChI=1S/C19H29N3O4.ClH/c1-5-8-19(2,20)18(24)22-11-9-21(10-12-22)17(23)15-7-6-14(25-3)13-16(15)26-4;/h6-7,13H,5,8-12,20H2,1-4H3;1H. The Morgan fingerprint density at radius 2 is 1.70 bits per heavy atom. The molecule has 8 heteroatoms. The summed E-state index contributed by atoms with van der Waals surface area (Å²) in [5.41, 5.74) is 5.79. The maximum absolute atomic E-state index is 12.8. The third-order valence-corrected chi connectivity index (χ3v) is 4.75. The summed E-state index contributed by atoms with van der Waals surface area (Å²) in [5, 5.41) is 0. The van der Waals surface area contributed by atoms with E-state index in [0.717, 1.165) is 6.42 Å². The smallest absolute Gasteiger partial charge is 0.257 e.